The summed E-state index contributed by atoms with van der Waals surface area (Å²) in [5, 5.41) is 0. The Morgan fingerprint density at radius 3 is 2.72 bits per heavy atom. The van der Waals surface area contributed by atoms with Gasteiger partial charge in [-0.2, -0.15) is 13.1 Å². The van der Waals surface area contributed by atoms with Crippen molar-refractivity contribution in [1.82, 2.24) is 4.31 Å². The fourth-order valence-electron chi connectivity index (χ4n) is 3.12. The number of aryl methyl sites for hydroxylation is 1. The number of nitrogens with two attached hydrogens (primary N) is 1. The van der Waals surface area contributed by atoms with Gasteiger partial charge in [-0.15, -0.1) is 0 Å². The van der Waals surface area contributed by atoms with Gasteiger partial charge < -0.3 is 15.2 Å². The van der Waals surface area contributed by atoms with E-state index in [1.807, 2.05) is 0 Å². The maximum atomic E-state index is 13.1. The summed E-state index contributed by atoms with van der Waals surface area (Å²) in [6.45, 7) is -1.07. The second-order valence-corrected chi connectivity index (χ2v) is 8.51. The number of benzene rings is 2. The molecule has 1 fully saturated rings. The molecular formula is C19H20F2N2O5S. The number of alkyl halides is 2. The third-order valence-electron chi connectivity index (χ3n) is 4.46. The van der Waals surface area contributed by atoms with Crippen LogP contribution in [0, 0.1) is 6.92 Å². The Balaban J connectivity index is 1.86. The van der Waals surface area contributed by atoms with E-state index >= 15 is 0 Å². The monoisotopic (exact) mass is 426 g/mol. The zero-order valence-corrected chi connectivity index (χ0v) is 16.4. The number of carbonyl (C=O) groups excluding carboxylic acids is 1. The van der Waals surface area contributed by atoms with Crippen LogP contribution in [0.1, 0.15) is 27.6 Å². The Kier molecular flexibility index (Phi) is 6.15. The second kappa shape index (κ2) is 8.44. The van der Waals surface area contributed by atoms with Crippen LogP contribution in [0.25, 0.3) is 0 Å². The summed E-state index contributed by atoms with van der Waals surface area (Å²) in [4.78, 5) is 11.4. The van der Waals surface area contributed by atoms with Crippen molar-refractivity contribution in [3.63, 3.8) is 0 Å². The fraction of sp³-hybridized carbons (Fsp3) is 0.316. The largest absolute Gasteiger partial charge is 0.435 e. The normalized spacial score (nSPS) is 18.0. The zero-order chi connectivity index (χ0) is 21.2. The summed E-state index contributed by atoms with van der Waals surface area (Å²) in [6.07, 6.45) is -0.653. The molecule has 1 unspecified atom stereocenters. The SMILES string of the molecule is Cc1cc(C(N)=O)cc(S(=O)(=O)N2CCOC(c3cccc(OC(F)F)c3)C2)c1. The maximum Gasteiger partial charge on any atom is 0.387 e. The van der Waals surface area contributed by atoms with Crippen LogP contribution >= 0.6 is 0 Å². The minimum atomic E-state index is -3.92. The van der Waals surface area contributed by atoms with Crippen LogP contribution in [0.3, 0.4) is 0 Å². The molecule has 156 valence electrons. The summed E-state index contributed by atoms with van der Waals surface area (Å²) in [5.41, 5.74) is 6.49. The Hall–Kier alpha value is -2.56. The average Bonchev–Trinajstić information content (AvgIpc) is 2.67. The molecule has 0 aliphatic carbocycles. The van der Waals surface area contributed by atoms with Gasteiger partial charge in [-0.25, -0.2) is 8.42 Å². The molecule has 1 aliphatic heterocycles. The number of morpholine rings is 1. The van der Waals surface area contributed by atoms with Crippen molar-refractivity contribution in [1.29, 1.82) is 0 Å². The van der Waals surface area contributed by atoms with E-state index < -0.39 is 28.6 Å². The van der Waals surface area contributed by atoms with Crippen LogP contribution in [-0.4, -0.2) is 44.9 Å². The highest BCUT2D eigenvalue weighted by atomic mass is 32.2. The van der Waals surface area contributed by atoms with Crippen molar-refractivity contribution >= 4 is 15.9 Å². The Bertz CT molecular complexity index is 1010. The number of carbonyl (C=O) groups is 1. The van der Waals surface area contributed by atoms with E-state index in [4.69, 9.17) is 10.5 Å². The van der Waals surface area contributed by atoms with Crippen LogP contribution < -0.4 is 10.5 Å². The standard InChI is InChI=1S/C19H20F2N2O5S/c1-12-7-14(18(22)24)10-16(8-12)29(25,26)23-5-6-27-17(11-23)13-3-2-4-15(9-13)28-19(20)21/h2-4,7-10,17,19H,5-6,11H2,1H3,(H2,22,24). The minimum absolute atomic E-state index is 0.0136. The Morgan fingerprint density at radius 1 is 1.28 bits per heavy atom. The van der Waals surface area contributed by atoms with E-state index in [9.17, 15) is 22.0 Å². The number of halogens is 2. The predicted octanol–water partition coefficient (Wildman–Crippen LogP) is 2.46. The van der Waals surface area contributed by atoms with E-state index in [1.165, 1.54) is 40.7 Å². The molecule has 1 atom stereocenters. The van der Waals surface area contributed by atoms with E-state index in [0.717, 1.165) is 0 Å². The van der Waals surface area contributed by atoms with Gasteiger partial charge in [0.2, 0.25) is 15.9 Å². The third kappa shape index (κ3) is 4.89. The lowest BCUT2D eigenvalue weighted by atomic mass is 10.1. The van der Waals surface area contributed by atoms with E-state index in [-0.39, 0.29) is 35.9 Å². The first-order valence-corrected chi connectivity index (χ1v) is 10.2. The molecule has 29 heavy (non-hydrogen) atoms. The van der Waals surface area contributed by atoms with Crippen LogP contribution in [0.4, 0.5) is 8.78 Å². The molecule has 0 radical (unpaired) electrons. The lowest BCUT2D eigenvalue weighted by molar-refractivity contribution is -0.0502. The maximum absolute atomic E-state index is 13.1. The average molecular weight is 426 g/mol. The number of hydrogen-bond acceptors (Lipinski definition) is 5. The highest BCUT2D eigenvalue weighted by Crippen LogP contribution is 2.29. The topological polar surface area (TPSA) is 98.9 Å². The molecular weight excluding hydrogens is 406 g/mol. The van der Waals surface area contributed by atoms with Gasteiger partial charge in [-0.1, -0.05) is 12.1 Å². The first-order chi connectivity index (χ1) is 13.7. The predicted molar refractivity (Wildman–Crippen MR) is 100 cm³/mol. The number of rotatable bonds is 6. The Morgan fingerprint density at radius 2 is 2.03 bits per heavy atom. The van der Waals surface area contributed by atoms with Crippen LogP contribution in [0.15, 0.2) is 47.4 Å². The second-order valence-electron chi connectivity index (χ2n) is 6.57. The summed E-state index contributed by atoms with van der Waals surface area (Å²) >= 11 is 0. The van der Waals surface area contributed by atoms with Gasteiger partial charge in [0.05, 0.1) is 17.6 Å². The van der Waals surface area contributed by atoms with E-state index in [2.05, 4.69) is 4.74 Å². The van der Waals surface area contributed by atoms with Crippen LogP contribution in [-0.2, 0) is 14.8 Å². The lowest BCUT2D eigenvalue weighted by Gasteiger charge is -2.32. The molecule has 10 heteroatoms. The number of sulfonamides is 1. The molecule has 2 N–H and O–H groups in total. The number of amides is 1. The van der Waals surface area contributed by atoms with Gasteiger partial charge in [0.25, 0.3) is 0 Å². The Labute approximate surface area is 167 Å². The van der Waals surface area contributed by atoms with E-state index in [0.29, 0.717) is 11.1 Å². The summed E-state index contributed by atoms with van der Waals surface area (Å²) in [7, 11) is -3.92. The van der Waals surface area contributed by atoms with Gasteiger partial charge in [0.1, 0.15) is 5.75 Å². The van der Waals surface area contributed by atoms with Crippen molar-refractivity contribution in [2.75, 3.05) is 19.7 Å². The minimum Gasteiger partial charge on any atom is -0.435 e. The molecule has 3 rings (SSSR count). The summed E-state index contributed by atoms with van der Waals surface area (Å²) in [6, 6.07) is 10.2. The smallest absolute Gasteiger partial charge is 0.387 e. The lowest BCUT2D eigenvalue weighted by Crippen LogP contribution is -2.42. The summed E-state index contributed by atoms with van der Waals surface area (Å²) < 4.78 is 62.4. The molecule has 1 amide bonds. The molecule has 0 spiro atoms. The molecule has 7 nitrogen and oxygen atoms in total. The molecule has 1 aliphatic rings. The fourth-order valence-corrected chi connectivity index (χ4v) is 4.68. The summed E-state index contributed by atoms with van der Waals surface area (Å²) in [5.74, 6) is -0.758. The van der Waals surface area contributed by atoms with Crippen molar-refractivity contribution in [2.24, 2.45) is 5.73 Å². The first-order valence-electron chi connectivity index (χ1n) is 8.75. The highest BCUT2D eigenvalue weighted by Gasteiger charge is 2.32. The van der Waals surface area contributed by atoms with Gasteiger partial charge >= 0.3 is 6.61 Å². The molecule has 0 bridgehead atoms. The molecule has 0 aromatic heterocycles. The number of ether oxygens (including phenoxy) is 2. The zero-order valence-electron chi connectivity index (χ0n) is 15.5. The molecule has 1 heterocycles. The van der Waals surface area contributed by atoms with Gasteiger partial charge in [-0.05, 0) is 48.4 Å². The van der Waals surface area contributed by atoms with Crippen molar-refractivity contribution in [3.8, 4) is 5.75 Å². The van der Waals surface area contributed by atoms with Gasteiger partial charge in [0.15, 0.2) is 0 Å². The van der Waals surface area contributed by atoms with E-state index in [1.54, 1.807) is 13.0 Å². The van der Waals surface area contributed by atoms with Crippen molar-refractivity contribution in [2.45, 2.75) is 24.5 Å². The number of hydrogen-bond donors (Lipinski definition) is 1. The van der Waals surface area contributed by atoms with Crippen molar-refractivity contribution in [3.05, 3.63) is 59.2 Å². The number of primary amides is 1. The van der Waals surface area contributed by atoms with Gasteiger partial charge in [-0.3, -0.25) is 4.79 Å². The van der Waals surface area contributed by atoms with Crippen molar-refractivity contribution < 1.29 is 31.5 Å². The van der Waals surface area contributed by atoms with Gasteiger partial charge in [0, 0.05) is 18.7 Å². The third-order valence-corrected chi connectivity index (χ3v) is 6.30. The quantitative estimate of drug-likeness (QED) is 0.765. The van der Waals surface area contributed by atoms with Crippen LogP contribution in [0.2, 0.25) is 0 Å². The highest BCUT2D eigenvalue weighted by molar-refractivity contribution is 7.89. The molecule has 0 saturated carbocycles. The molecule has 2 aromatic carbocycles. The molecule has 1 saturated heterocycles. The molecule has 2 aromatic rings. The number of nitrogens with zero attached hydrogens (tertiary/aromatic N) is 1. The first kappa shape index (κ1) is 21.2. The van der Waals surface area contributed by atoms with Crippen LogP contribution in [0.5, 0.6) is 5.75 Å².